The Hall–Kier alpha value is -3.67. The highest BCUT2D eigenvalue weighted by Crippen LogP contribution is 2.29. The fourth-order valence-corrected chi connectivity index (χ4v) is 2.88. The van der Waals surface area contributed by atoms with Crippen LogP contribution >= 0.6 is 0 Å². The van der Waals surface area contributed by atoms with Crippen LogP contribution < -0.4 is 5.32 Å². The molecule has 2 aromatic heterocycles. The second-order valence-corrected chi connectivity index (χ2v) is 6.74. The lowest BCUT2D eigenvalue weighted by atomic mass is 10.0. The molecule has 0 aliphatic carbocycles. The van der Waals surface area contributed by atoms with E-state index >= 15 is 0 Å². The minimum absolute atomic E-state index is 0.0930. The second-order valence-electron chi connectivity index (χ2n) is 6.74. The number of benzene rings is 1. The largest absolute Gasteiger partial charge is 0.468 e. The van der Waals surface area contributed by atoms with Crippen LogP contribution in [0.2, 0.25) is 0 Å². The van der Waals surface area contributed by atoms with Gasteiger partial charge < -0.3 is 15.0 Å². The number of pyridine rings is 1. The third-order valence-electron chi connectivity index (χ3n) is 4.37. The molecule has 0 atom stereocenters. The van der Waals surface area contributed by atoms with Crippen LogP contribution in [0, 0.1) is 0 Å². The first-order valence-electron chi connectivity index (χ1n) is 9.23. The summed E-state index contributed by atoms with van der Waals surface area (Å²) < 4.78 is 4.66. The molecule has 0 bridgehead atoms. The number of H-pyrrole nitrogens is 1. The van der Waals surface area contributed by atoms with Gasteiger partial charge in [-0.2, -0.15) is 0 Å². The van der Waals surface area contributed by atoms with Crippen molar-refractivity contribution in [3.63, 3.8) is 0 Å². The van der Waals surface area contributed by atoms with Gasteiger partial charge in [-0.1, -0.05) is 36.4 Å². The van der Waals surface area contributed by atoms with E-state index in [-0.39, 0.29) is 12.5 Å². The molecule has 0 saturated carbocycles. The summed E-state index contributed by atoms with van der Waals surface area (Å²) in [6.45, 7) is 7.95. The molecule has 148 valence electrons. The molecule has 6 nitrogen and oxygen atoms in total. The van der Waals surface area contributed by atoms with E-state index in [1.54, 1.807) is 12.5 Å². The fraction of sp³-hybridized carbons (Fsp3) is 0.174. The van der Waals surface area contributed by atoms with Crippen LogP contribution in [0.1, 0.15) is 19.5 Å². The Balaban J connectivity index is 1.91. The molecule has 0 spiro atoms. The Morgan fingerprint density at radius 2 is 2.10 bits per heavy atom. The number of nitrogens with zero attached hydrogens (tertiary/aromatic N) is 2. The normalized spacial score (nSPS) is 11.8. The SMILES string of the molecule is C=C(C)/C=C\C=C(/C)c1nc[nH]c1-c1ccc2ncc(NCC(=O)OC)cc2c1. The first-order valence-corrected chi connectivity index (χ1v) is 9.23. The summed E-state index contributed by atoms with van der Waals surface area (Å²) >= 11 is 0. The topological polar surface area (TPSA) is 79.9 Å². The summed E-state index contributed by atoms with van der Waals surface area (Å²) in [5.41, 5.74) is 6.51. The highest BCUT2D eigenvalue weighted by atomic mass is 16.5. The second kappa shape index (κ2) is 9.01. The van der Waals surface area contributed by atoms with E-state index in [4.69, 9.17) is 0 Å². The quantitative estimate of drug-likeness (QED) is 0.451. The zero-order valence-electron chi connectivity index (χ0n) is 16.8. The number of rotatable bonds is 7. The van der Waals surface area contributed by atoms with Crippen molar-refractivity contribution in [2.75, 3.05) is 19.0 Å². The van der Waals surface area contributed by atoms with Gasteiger partial charge in [0, 0.05) is 10.9 Å². The van der Waals surface area contributed by atoms with E-state index in [0.717, 1.165) is 44.7 Å². The van der Waals surface area contributed by atoms with Crippen molar-refractivity contribution in [3.05, 3.63) is 72.9 Å². The van der Waals surface area contributed by atoms with Gasteiger partial charge in [-0.15, -0.1) is 0 Å². The van der Waals surface area contributed by atoms with Crippen molar-refractivity contribution in [3.8, 4) is 11.3 Å². The van der Waals surface area contributed by atoms with E-state index in [1.807, 2.05) is 50.3 Å². The third-order valence-corrected chi connectivity index (χ3v) is 4.37. The minimum atomic E-state index is -0.330. The molecule has 3 aromatic rings. The Morgan fingerprint density at radius 3 is 2.86 bits per heavy atom. The van der Waals surface area contributed by atoms with Gasteiger partial charge in [0.05, 0.1) is 42.2 Å². The molecule has 6 heteroatoms. The monoisotopic (exact) mass is 388 g/mol. The molecule has 0 unspecified atom stereocenters. The zero-order chi connectivity index (χ0) is 20.8. The molecule has 0 saturated heterocycles. The van der Waals surface area contributed by atoms with Crippen LogP contribution in [0.15, 0.2) is 67.2 Å². The minimum Gasteiger partial charge on any atom is -0.468 e. The van der Waals surface area contributed by atoms with Crippen LogP contribution in [0.4, 0.5) is 5.69 Å². The number of anilines is 1. The van der Waals surface area contributed by atoms with Gasteiger partial charge in [0.25, 0.3) is 0 Å². The predicted molar refractivity (Wildman–Crippen MR) is 117 cm³/mol. The molecule has 0 radical (unpaired) electrons. The van der Waals surface area contributed by atoms with E-state index in [9.17, 15) is 4.79 Å². The van der Waals surface area contributed by atoms with Crippen LogP contribution in [0.25, 0.3) is 27.7 Å². The molecule has 2 heterocycles. The molecule has 0 aliphatic rings. The summed E-state index contributed by atoms with van der Waals surface area (Å²) in [6.07, 6.45) is 9.35. The number of carbonyl (C=O) groups is 1. The number of esters is 1. The molecule has 29 heavy (non-hydrogen) atoms. The molecular formula is C23H24N4O2. The highest BCUT2D eigenvalue weighted by Gasteiger charge is 2.11. The van der Waals surface area contributed by atoms with Crippen LogP contribution in [-0.4, -0.2) is 34.6 Å². The summed E-state index contributed by atoms with van der Waals surface area (Å²) in [5, 5.41) is 3.98. The van der Waals surface area contributed by atoms with Gasteiger partial charge in [0.15, 0.2) is 0 Å². The van der Waals surface area contributed by atoms with Gasteiger partial charge in [-0.05, 0) is 37.6 Å². The summed E-state index contributed by atoms with van der Waals surface area (Å²) in [7, 11) is 1.36. The number of methoxy groups -OCH3 is 1. The molecular weight excluding hydrogens is 364 g/mol. The first kappa shape index (κ1) is 20.1. The highest BCUT2D eigenvalue weighted by molar-refractivity contribution is 5.88. The lowest BCUT2D eigenvalue weighted by Crippen LogP contribution is -2.14. The van der Waals surface area contributed by atoms with E-state index < -0.39 is 0 Å². The maximum Gasteiger partial charge on any atom is 0.325 e. The molecule has 0 fully saturated rings. The van der Waals surface area contributed by atoms with Crippen molar-refractivity contribution < 1.29 is 9.53 Å². The van der Waals surface area contributed by atoms with Crippen LogP contribution in [0.5, 0.6) is 0 Å². The molecule has 0 amide bonds. The van der Waals surface area contributed by atoms with Crippen molar-refractivity contribution >= 4 is 28.1 Å². The Bertz CT molecular complexity index is 1110. The van der Waals surface area contributed by atoms with Crippen molar-refractivity contribution in [1.29, 1.82) is 0 Å². The lowest BCUT2D eigenvalue weighted by molar-refractivity contribution is -0.138. The molecule has 3 rings (SSSR count). The Morgan fingerprint density at radius 1 is 1.28 bits per heavy atom. The summed E-state index contributed by atoms with van der Waals surface area (Å²) in [5.74, 6) is -0.330. The van der Waals surface area contributed by atoms with Crippen LogP contribution in [-0.2, 0) is 9.53 Å². The zero-order valence-corrected chi connectivity index (χ0v) is 16.8. The van der Waals surface area contributed by atoms with Gasteiger partial charge in [0.2, 0.25) is 0 Å². The van der Waals surface area contributed by atoms with E-state index in [1.165, 1.54) is 7.11 Å². The number of carbonyl (C=O) groups excluding carboxylic acids is 1. The number of aromatic nitrogens is 3. The van der Waals surface area contributed by atoms with Crippen molar-refractivity contribution in [1.82, 2.24) is 15.0 Å². The molecule has 0 aliphatic heterocycles. The number of nitrogens with one attached hydrogen (secondary N) is 2. The van der Waals surface area contributed by atoms with Crippen LogP contribution in [0.3, 0.4) is 0 Å². The standard InChI is InChI=1S/C23H24N4O2/c1-15(2)6-5-7-16(3)22-23(27-14-26-22)17-8-9-20-18(10-17)11-19(12-25-20)24-13-21(28)29-4/h5-12,14,24H,1,13H2,2-4H3,(H,26,27)/b6-5-,16-7+. The lowest BCUT2D eigenvalue weighted by Gasteiger charge is -2.08. The fourth-order valence-electron chi connectivity index (χ4n) is 2.88. The number of hydrogen-bond donors (Lipinski definition) is 2. The third kappa shape index (κ3) is 4.99. The average Bonchev–Trinajstić information content (AvgIpc) is 3.21. The maximum absolute atomic E-state index is 11.3. The average molecular weight is 388 g/mol. The Labute approximate surface area is 170 Å². The predicted octanol–water partition coefficient (Wildman–Crippen LogP) is 4.75. The van der Waals surface area contributed by atoms with Crippen molar-refractivity contribution in [2.45, 2.75) is 13.8 Å². The Kier molecular flexibility index (Phi) is 6.24. The van der Waals surface area contributed by atoms with Gasteiger partial charge in [0.1, 0.15) is 6.54 Å². The number of allylic oxidation sites excluding steroid dienone is 5. The number of hydrogen-bond acceptors (Lipinski definition) is 5. The van der Waals surface area contributed by atoms with Gasteiger partial charge in [-0.3, -0.25) is 9.78 Å². The number of aromatic amines is 1. The van der Waals surface area contributed by atoms with Crippen molar-refractivity contribution in [2.24, 2.45) is 0 Å². The number of imidazole rings is 1. The molecule has 1 aromatic carbocycles. The molecule has 2 N–H and O–H groups in total. The summed E-state index contributed by atoms with van der Waals surface area (Å²) in [6, 6.07) is 8.01. The van der Waals surface area contributed by atoms with Gasteiger partial charge >= 0.3 is 5.97 Å². The smallest absolute Gasteiger partial charge is 0.325 e. The first-order chi connectivity index (χ1) is 14.0. The number of ether oxygens (including phenoxy) is 1. The van der Waals surface area contributed by atoms with Gasteiger partial charge in [-0.25, -0.2) is 4.98 Å². The maximum atomic E-state index is 11.3. The number of fused-ring (bicyclic) bond motifs is 1. The summed E-state index contributed by atoms with van der Waals surface area (Å²) in [4.78, 5) is 23.5. The van der Waals surface area contributed by atoms with E-state index in [2.05, 4.69) is 37.7 Å². The van der Waals surface area contributed by atoms with E-state index in [0.29, 0.717) is 0 Å².